The van der Waals surface area contributed by atoms with Crippen LogP contribution in [0.4, 0.5) is 13.2 Å². The molecule has 2 N–H and O–H groups in total. The zero-order chi connectivity index (χ0) is 21.1. The number of carbonyl (C=O) groups excluding carboxylic acids is 2. The number of piperazine rings is 1. The maximum absolute atomic E-state index is 13.8. The van der Waals surface area contributed by atoms with Gasteiger partial charge >= 0.3 is 0 Å². The molecular weight excluding hydrogens is 405 g/mol. The molecule has 1 unspecified atom stereocenters. The van der Waals surface area contributed by atoms with Crippen LogP contribution >= 0.6 is 11.8 Å². The summed E-state index contributed by atoms with van der Waals surface area (Å²) in [5.41, 5.74) is 5.89. The molecule has 2 amide bonds. The van der Waals surface area contributed by atoms with E-state index < -0.39 is 28.9 Å². The van der Waals surface area contributed by atoms with Gasteiger partial charge in [0.15, 0.2) is 17.0 Å². The van der Waals surface area contributed by atoms with Gasteiger partial charge in [0.2, 0.25) is 5.91 Å². The Morgan fingerprint density at radius 2 is 1.76 bits per heavy atom. The van der Waals surface area contributed by atoms with Crippen LogP contribution in [0.15, 0.2) is 12.1 Å². The molecule has 2 heterocycles. The lowest BCUT2D eigenvalue weighted by atomic mass is 10.0. The highest BCUT2D eigenvalue weighted by Gasteiger charge is 2.38. The number of thioether (sulfide) groups is 1. The number of carbonyl (C=O) groups is 2. The number of halogens is 3. The standard InChI is InChI=1S/C19H25F3N4O2S/c1-24-2-4-25(5-3-24)18(28)19-26(6-7-29-19)17(27)10-13(23)8-12-9-15(21)16(22)11-14(12)20/h9,11,13,19H,2-8,10,23H2,1H3/t13-,19?/m1/s1. The van der Waals surface area contributed by atoms with E-state index in [0.717, 1.165) is 19.2 Å². The third-order valence-electron chi connectivity index (χ3n) is 5.25. The van der Waals surface area contributed by atoms with Gasteiger partial charge in [-0.1, -0.05) is 0 Å². The minimum atomic E-state index is -1.27. The van der Waals surface area contributed by atoms with Gasteiger partial charge in [-0.05, 0) is 25.1 Å². The van der Waals surface area contributed by atoms with Gasteiger partial charge in [0.25, 0.3) is 5.91 Å². The number of rotatable bonds is 5. The van der Waals surface area contributed by atoms with Crippen molar-refractivity contribution >= 4 is 23.6 Å². The van der Waals surface area contributed by atoms with Crippen LogP contribution in [0, 0.1) is 17.5 Å². The van der Waals surface area contributed by atoms with E-state index >= 15 is 0 Å². The summed E-state index contributed by atoms with van der Waals surface area (Å²) in [5, 5.41) is -0.571. The summed E-state index contributed by atoms with van der Waals surface area (Å²) < 4.78 is 40.2. The molecule has 0 aliphatic carbocycles. The number of nitrogens with zero attached hydrogens (tertiary/aromatic N) is 3. The van der Waals surface area contributed by atoms with Crippen molar-refractivity contribution < 1.29 is 22.8 Å². The highest BCUT2D eigenvalue weighted by Crippen LogP contribution is 2.27. The Hall–Kier alpha value is -1.78. The van der Waals surface area contributed by atoms with Gasteiger partial charge in [0.05, 0.1) is 0 Å². The summed E-state index contributed by atoms with van der Waals surface area (Å²) >= 11 is 1.43. The van der Waals surface area contributed by atoms with Crippen molar-refractivity contribution in [3.05, 3.63) is 35.1 Å². The molecule has 1 aromatic rings. The van der Waals surface area contributed by atoms with E-state index in [2.05, 4.69) is 4.90 Å². The minimum absolute atomic E-state index is 0.0748. The Labute approximate surface area is 172 Å². The van der Waals surface area contributed by atoms with E-state index in [4.69, 9.17) is 5.73 Å². The van der Waals surface area contributed by atoms with Crippen LogP contribution < -0.4 is 5.73 Å². The summed E-state index contributed by atoms with van der Waals surface area (Å²) in [6.45, 7) is 3.29. The monoisotopic (exact) mass is 430 g/mol. The molecule has 0 radical (unpaired) electrons. The molecule has 6 nitrogen and oxygen atoms in total. The van der Waals surface area contributed by atoms with Gasteiger partial charge < -0.3 is 20.4 Å². The fourth-order valence-corrected chi connectivity index (χ4v) is 4.75. The highest BCUT2D eigenvalue weighted by molar-refractivity contribution is 8.00. The number of nitrogens with two attached hydrogens (primary N) is 1. The van der Waals surface area contributed by atoms with Crippen molar-refractivity contribution in [2.24, 2.45) is 5.73 Å². The molecule has 0 spiro atoms. The van der Waals surface area contributed by atoms with Crippen LogP contribution in [-0.2, 0) is 16.0 Å². The molecule has 0 aromatic heterocycles. The average molecular weight is 430 g/mol. The molecule has 2 atom stereocenters. The molecular formula is C19H25F3N4O2S. The summed E-state index contributed by atoms with van der Waals surface area (Å²) in [6.07, 6.45) is -0.210. The molecule has 2 fully saturated rings. The van der Waals surface area contributed by atoms with E-state index in [0.29, 0.717) is 31.5 Å². The Morgan fingerprint density at radius 3 is 2.45 bits per heavy atom. The Balaban J connectivity index is 1.59. The van der Waals surface area contributed by atoms with E-state index in [1.807, 2.05) is 7.05 Å². The number of likely N-dealkylation sites (N-methyl/N-ethyl adjacent to an activating group) is 1. The third-order valence-corrected chi connectivity index (χ3v) is 6.44. The summed E-state index contributed by atoms with van der Waals surface area (Å²) in [7, 11) is 2.00. The Morgan fingerprint density at radius 1 is 1.10 bits per heavy atom. The molecule has 0 saturated carbocycles. The maximum atomic E-state index is 13.8. The molecule has 3 rings (SSSR count). The zero-order valence-electron chi connectivity index (χ0n) is 16.2. The first-order valence-electron chi connectivity index (χ1n) is 9.53. The second kappa shape index (κ2) is 9.36. The quantitative estimate of drug-likeness (QED) is 0.707. The normalized spacial score (nSPS) is 21.5. The van der Waals surface area contributed by atoms with Gasteiger partial charge in [-0.15, -0.1) is 11.8 Å². The predicted molar refractivity (Wildman–Crippen MR) is 105 cm³/mol. The second-order valence-corrected chi connectivity index (χ2v) is 8.65. The van der Waals surface area contributed by atoms with Crippen LogP contribution in [-0.4, -0.2) is 83.5 Å². The van der Waals surface area contributed by atoms with E-state index in [1.54, 1.807) is 4.90 Å². The molecule has 0 bridgehead atoms. The van der Waals surface area contributed by atoms with Gasteiger partial charge in [-0.25, -0.2) is 13.2 Å². The second-order valence-electron chi connectivity index (χ2n) is 7.46. The van der Waals surface area contributed by atoms with Crippen LogP contribution in [0.2, 0.25) is 0 Å². The van der Waals surface area contributed by atoms with Gasteiger partial charge in [-0.3, -0.25) is 9.59 Å². The molecule has 160 valence electrons. The minimum Gasteiger partial charge on any atom is -0.338 e. The third kappa shape index (κ3) is 5.23. The highest BCUT2D eigenvalue weighted by atomic mass is 32.2. The largest absolute Gasteiger partial charge is 0.338 e. The number of hydrogen-bond donors (Lipinski definition) is 1. The fourth-order valence-electron chi connectivity index (χ4n) is 3.53. The van der Waals surface area contributed by atoms with E-state index in [9.17, 15) is 22.8 Å². The van der Waals surface area contributed by atoms with Crippen LogP contribution in [0.1, 0.15) is 12.0 Å². The lowest BCUT2D eigenvalue weighted by Crippen LogP contribution is -2.53. The smallest absolute Gasteiger partial charge is 0.255 e. The van der Waals surface area contributed by atoms with E-state index in [-0.39, 0.29) is 30.2 Å². The Bertz CT molecular complexity index is 774. The molecule has 29 heavy (non-hydrogen) atoms. The lowest BCUT2D eigenvalue weighted by molar-refractivity contribution is -0.142. The van der Waals surface area contributed by atoms with Crippen molar-refractivity contribution in [1.82, 2.24) is 14.7 Å². The number of benzene rings is 1. The summed E-state index contributed by atoms with van der Waals surface area (Å²) in [4.78, 5) is 31.0. The topological polar surface area (TPSA) is 69.9 Å². The first kappa shape index (κ1) is 21.9. The molecule has 2 saturated heterocycles. The Kier molecular flexibility index (Phi) is 7.07. The number of amides is 2. The molecule has 1 aromatic carbocycles. The van der Waals surface area contributed by atoms with Crippen molar-refractivity contribution in [3.63, 3.8) is 0 Å². The van der Waals surface area contributed by atoms with Gasteiger partial charge in [-0.2, -0.15) is 0 Å². The van der Waals surface area contributed by atoms with Gasteiger partial charge in [0, 0.05) is 57.0 Å². The van der Waals surface area contributed by atoms with Crippen molar-refractivity contribution in [1.29, 1.82) is 0 Å². The summed E-state index contributed by atoms with van der Waals surface area (Å²) in [6, 6.07) is 0.466. The first-order valence-corrected chi connectivity index (χ1v) is 10.6. The van der Waals surface area contributed by atoms with Crippen LogP contribution in [0.3, 0.4) is 0 Å². The van der Waals surface area contributed by atoms with Gasteiger partial charge in [0.1, 0.15) is 5.82 Å². The van der Waals surface area contributed by atoms with Crippen LogP contribution in [0.25, 0.3) is 0 Å². The molecule has 2 aliphatic heterocycles. The van der Waals surface area contributed by atoms with Crippen LogP contribution in [0.5, 0.6) is 0 Å². The summed E-state index contributed by atoms with van der Waals surface area (Å²) in [5.74, 6) is -3.04. The van der Waals surface area contributed by atoms with Crippen molar-refractivity contribution in [3.8, 4) is 0 Å². The fraction of sp³-hybridized carbons (Fsp3) is 0.579. The van der Waals surface area contributed by atoms with E-state index in [1.165, 1.54) is 16.7 Å². The predicted octanol–water partition coefficient (Wildman–Crippen LogP) is 1.04. The zero-order valence-corrected chi connectivity index (χ0v) is 17.1. The van der Waals surface area contributed by atoms with Crippen molar-refractivity contribution in [2.45, 2.75) is 24.3 Å². The number of hydrogen-bond acceptors (Lipinski definition) is 5. The average Bonchev–Trinajstić information content (AvgIpc) is 3.16. The molecule has 10 heteroatoms. The lowest BCUT2D eigenvalue weighted by Gasteiger charge is -2.35. The van der Waals surface area contributed by atoms with Crippen molar-refractivity contribution in [2.75, 3.05) is 45.5 Å². The molecule has 2 aliphatic rings. The maximum Gasteiger partial charge on any atom is 0.255 e. The SMILES string of the molecule is CN1CCN(C(=O)C2SCCN2C(=O)C[C@H](N)Cc2cc(F)c(F)cc2F)CC1. The first-order chi connectivity index (χ1) is 13.8.